The zero-order chi connectivity index (χ0) is 19.6. The zero-order valence-corrected chi connectivity index (χ0v) is 16.3. The van der Waals surface area contributed by atoms with Gasteiger partial charge in [-0.1, -0.05) is 36.4 Å². The Morgan fingerprint density at radius 3 is 2.29 bits per heavy atom. The highest BCUT2D eigenvalue weighted by Gasteiger charge is 2.27. The van der Waals surface area contributed by atoms with Crippen LogP contribution in [0.25, 0.3) is 10.8 Å². The van der Waals surface area contributed by atoms with Crippen molar-refractivity contribution < 1.29 is 13.2 Å². The molecule has 0 aromatic heterocycles. The van der Waals surface area contributed by atoms with Gasteiger partial charge in [0, 0.05) is 25.2 Å². The number of benzene rings is 3. The summed E-state index contributed by atoms with van der Waals surface area (Å²) in [5, 5.41) is 5.18. The minimum absolute atomic E-state index is 0.224. The van der Waals surface area contributed by atoms with Crippen LogP contribution in [0.1, 0.15) is 28.8 Å². The molecule has 0 atom stereocenters. The van der Waals surface area contributed by atoms with E-state index >= 15 is 0 Å². The summed E-state index contributed by atoms with van der Waals surface area (Å²) in [5.74, 6) is -0.224. The van der Waals surface area contributed by atoms with E-state index in [4.69, 9.17) is 0 Å². The molecule has 3 aromatic rings. The maximum absolute atomic E-state index is 12.6. The molecule has 6 heteroatoms. The third-order valence-electron chi connectivity index (χ3n) is 5.09. The number of carbonyl (C=O) groups excluding carboxylic acids is 1. The van der Waals surface area contributed by atoms with Crippen molar-refractivity contribution in [3.8, 4) is 0 Å². The second-order valence-electron chi connectivity index (χ2n) is 7.00. The number of amides is 1. The summed E-state index contributed by atoms with van der Waals surface area (Å²) in [7, 11) is -3.46. The van der Waals surface area contributed by atoms with E-state index in [0.29, 0.717) is 25.2 Å². The number of hydrogen-bond acceptors (Lipinski definition) is 3. The Labute approximate surface area is 165 Å². The summed E-state index contributed by atoms with van der Waals surface area (Å²) in [6.45, 7) is 1.55. The molecule has 0 aliphatic carbocycles. The Balaban J connectivity index is 1.43. The second-order valence-corrected chi connectivity index (χ2v) is 8.94. The molecule has 3 aromatic carbocycles. The van der Waals surface area contributed by atoms with E-state index in [0.717, 1.165) is 29.2 Å². The molecule has 1 N–H and O–H groups in total. The molecule has 1 aliphatic heterocycles. The first kappa shape index (κ1) is 18.7. The number of hydrogen-bond donors (Lipinski definition) is 1. The molecule has 1 heterocycles. The lowest BCUT2D eigenvalue weighted by Crippen LogP contribution is -2.28. The Kier molecular flexibility index (Phi) is 5.15. The van der Waals surface area contributed by atoms with Crippen LogP contribution < -0.4 is 5.32 Å². The average molecular weight is 394 g/mol. The van der Waals surface area contributed by atoms with Gasteiger partial charge in [0.25, 0.3) is 5.91 Å². The number of rotatable bonds is 5. The van der Waals surface area contributed by atoms with E-state index < -0.39 is 10.0 Å². The van der Waals surface area contributed by atoms with Gasteiger partial charge in [0.2, 0.25) is 10.0 Å². The molecule has 1 fully saturated rings. The van der Waals surface area contributed by atoms with Gasteiger partial charge in [0.1, 0.15) is 0 Å². The molecule has 0 spiro atoms. The molecule has 5 nitrogen and oxygen atoms in total. The van der Waals surface area contributed by atoms with Crippen LogP contribution >= 0.6 is 0 Å². The normalized spacial score (nSPS) is 15.0. The first-order chi connectivity index (χ1) is 13.5. The minimum Gasteiger partial charge on any atom is -0.348 e. The topological polar surface area (TPSA) is 66.5 Å². The summed E-state index contributed by atoms with van der Waals surface area (Å²) in [5.41, 5.74) is 1.46. The van der Waals surface area contributed by atoms with E-state index in [-0.39, 0.29) is 10.8 Å². The van der Waals surface area contributed by atoms with Gasteiger partial charge >= 0.3 is 0 Å². The van der Waals surface area contributed by atoms with E-state index in [9.17, 15) is 13.2 Å². The van der Waals surface area contributed by atoms with Crippen LogP contribution in [-0.2, 0) is 16.6 Å². The lowest BCUT2D eigenvalue weighted by molar-refractivity contribution is 0.0951. The van der Waals surface area contributed by atoms with Crippen molar-refractivity contribution >= 4 is 26.7 Å². The summed E-state index contributed by atoms with van der Waals surface area (Å²) >= 11 is 0. The lowest BCUT2D eigenvalue weighted by atomic mass is 10.1. The minimum atomic E-state index is -3.46. The molecule has 0 saturated carbocycles. The lowest BCUT2D eigenvalue weighted by Gasteiger charge is -2.15. The molecule has 4 rings (SSSR count). The van der Waals surface area contributed by atoms with Crippen LogP contribution in [0.2, 0.25) is 0 Å². The van der Waals surface area contributed by atoms with E-state index in [2.05, 4.69) is 17.4 Å². The summed E-state index contributed by atoms with van der Waals surface area (Å²) in [4.78, 5) is 12.7. The summed E-state index contributed by atoms with van der Waals surface area (Å²) in [6, 6.07) is 20.3. The summed E-state index contributed by atoms with van der Waals surface area (Å²) < 4.78 is 26.6. The van der Waals surface area contributed by atoms with Gasteiger partial charge in [-0.05, 0) is 59.5 Å². The first-order valence-electron chi connectivity index (χ1n) is 9.40. The fraction of sp³-hybridized carbons (Fsp3) is 0.227. The number of fused-ring (bicyclic) bond motifs is 1. The molecule has 0 radical (unpaired) electrons. The number of nitrogens with zero attached hydrogens (tertiary/aromatic N) is 1. The van der Waals surface area contributed by atoms with Crippen LogP contribution in [0.3, 0.4) is 0 Å². The molecule has 28 heavy (non-hydrogen) atoms. The predicted molar refractivity (Wildman–Crippen MR) is 110 cm³/mol. The van der Waals surface area contributed by atoms with Gasteiger partial charge in [0.15, 0.2) is 0 Å². The van der Waals surface area contributed by atoms with E-state index in [1.807, 2.05) is 30.3 Å². The molecule has 0 bridgehead atoms. The van der Waals surface area contributed by atoms with Gasteiger partial charge in [-0.25, -0.2) is 8.42 Å². The highest BCUT2D eigenvalue weighted by atomic mass is 32.2. The van der Waals surface area contributed by atoms with Crippen molar-refractivity contribution in [2.75, 3.05) is 13.1 Å². The predicted octanol–water partition coefficient (Wildman–Crippen LogP) is 3.55. The molecular formula is C22H22N2O3S. The van der Waals surface area contributed by atoms with Crippen LogP contribution in [0.5, 0.6) is 0 Å². The van der Waals surface area contributed by atoms with Crippen LogP contribution in [0, 0.1) is 0 Å². The molecule has 1 amide bonds. The largest absolute Gasteiger partial charge is 0.348 e. The number of sulfonamides is 1. The van der Waals surface area contributed by atoms with Gasteiger partial charge in [-0.2, -0.15) is 4.31 Å². The standard InChI is InChI=1S/C22H22N2O3S/c25-22(23-16-17-7-8-18-5-1-2-6-20(18)15-17)19-9-11-21(12-10-19)28(26,27)24-13-3-4-14-24/h1-2,5-12,15H,3-4,13-14,16H2,(H,23,25). The second kappa shape index (κ2) is 7.73. The average Bonchev–Trinajstić information content (AvgIpc) is 3.28. The monoisotopic (exact) mass is 394 g/mol. The molecule has 144 valence electrons. The van der Waals surface area contributed by atoms with Gasteiger partial charge in [-0.15, -0.1) is 0 Å². The van der Waals surface area contributed by atoms with Crippen molar-refractivity contribution in [2.24, 2.45) is 0 Å². The zero-order valence-electron chi connectivity index (χ0n) is 15.5. The Morgan fingerprint density at radius 2 is 1.57 bits per heavy atom. The van der Waals surface area contributed by atoms with Crippen LogP contribution in [-0.4, -0.2) is 31.7 Å². The molecule has 1 aliphatic rings. The maximum Gasteiger partial charge on any atom is 0.251 e. The van der Waals surface area contributed by atoms with Crippen LogP contribution in [0.4, 0.5) is 0 Å². The number of nitrogens with one attached hydrogen (secondary N) is 1. The Bertz CT molecular complexity index is 1100. The van der Waals surface area contributed by atoms with Crippen molar-refractivity contribution in [1.82, 2.24) is 9.62 Å². The molecule has 1 saturated heterocycles. The highest BCUT2D eigenvalue weighted by Crippen LogP contribution is 2.21. The molecule has 0 unspecified atom stereocenters. The smallest absolute Gasteiger partial charge is 0.251 e. The SMILES string of the molecule is O=C(NCc1ccc2ccccc2c1)c1ccc(S(=O)(=O)N2CCCC2)cc1. The first-order valence-corrected chi connectivity index (χ1v) is 10.8. The molecular weight excluding hydrogens is 372 g/mol. The fourth-order valence-electron chi connectivity index (χ4n) is 3.49. The Hall–Kier alpha value is -2.70. The highest BCUT2D eigenvalue weighted by molar-refractivity contribution is 7.89. The van der Waals surface area contributed by atoms with Crippen molar-refractivity contribution in [3.05, 3.63) is 77.9 Å². The van der Waals surface area contributed by atoms with Gasteiger partial charge in [0.05, 0.1) is 4.90 Å². The third kappa shape index (κ3) is 3.79. The van der Waals surface area contributed by atoms with Crippen LogP contribution in [0.15, 0.2) is 71.6 Å². The van der Waals surface area contributed by atoms with Gasteiger partial charge < -0.3 is 5.32 Å². The van der Waals surface area contributed by atoms with Crippen molar-refractivity contribution in [3.63, 3.8) is 0 Å². The maximum atomic E-state index is 12.6. The Morgan fingerprint density at radius 1 is 0.893 bits per heavy atom. The van der Waals surface area contributed by atoms with Crippen molar-refractivity contribution in [2.45, 2.75) is 24.3 Å². The third-order valence-corrected chi connectivity index (χ3v) is 7.00. The summed E-state index contributed by atoms with van der Waals surface area (Å²) in [6.07, 6.45) is 1.79. The quantitative estimate of drug-likeness (QED) is 0.720. The fourth-order valence-corrected chi connectivity index (χ4v) is 5.01. The number of carbonyl (C=O) groups is 1. The van der Waals surface area contributed by atoms with Gasteiger partial charge in [-0.3, -0.25) is 4.79 Å². The van der Waals surface area contributed by atoms with Crippen molar-refractivity contribution in [1.29, 1.82) is 0 Å². The van der Waals surface area contributed by atoms with E-state index in [1.165, 1.54) is 16.4 Å². The van der Waals surface area contributed by atoms with E-state index in [1.54, 1.807) is 12.1 Å².